The fraction of sp³-hybridized carbons (Fsp3) is 0.500. The van der Waals surface area contributed by atoms with Crippen LogP contribution in [0, 0.1) is 12.8 Å². The molecule has 0 aromatic heterocycles. The topological polar surface area (TPSA) is 58.7 Å². The zero-order valence-corrected chi connectivity index (χ0v) is 20.1. The molecular weight excluding hydrogens is 476 g/mol. The van der Waals surface area contributed by atoms with Crippen LogP contribution in [-0.2, 0) is 23.9 Å². The van der Waals surface area contributed by atoms with Gasteiger partial charge in [-0.25, -0.2) is 0 Å². The first kappa shape index (κ1) is 27.7. The fourth-order valence-corrected chi connectivity index (χ4v) is 4.94. The van der Waals surface area contributed by atoms with Gasteiger partial charge in [-0.3, -0.25) is 4.90 Å². The van der Waals surface area contributed by atoms with E-state index in [2.05, 4.69) is 4.90 Å². The van der Waals surface area contributed by atoms with Crippen molar-refractivity contribution in [2.45, 2.75) is 51.1 Å². The standard InChI is InChI=1S/C24H29F3N2O2.2ClH/c1-15-6-7-18-19(23(15)30)12-21(31-22(18)13-28)16-8-10-29(11-9-16)14-17-4-2-3-5-20(17)24(25,26)27;;/h2-7,16,21-22,30H,8-14,28H2,1H3;2*1H/t21-,22-;;/m0../s1. The number of likely N-dealkylation sites (tertiary alicyclic amines) is 1. The van der Waals surface area contributed by atoms with Gasteiger partial charge >= 0.3 is 6.18 Å². The summed E-state index contributed by atoms with van der Waals surface area (Å²) in [6.45, 7) is 3.96. The van der Waals surface area contributed by atoms with Crippen molar-refractivity contribution >= 4 is 24.8 Å². The lowest BCUT2D eigenvalue weighted by molar-refractivity contribution is -0.138. The van der Waals surface area contributed by atoms with Crippen molar-refractivity contribution < 1.29 is 23.0 Å². The maximum Gasteiger partial charge on any atom is 0.416 e. The number of piperidine rings is 1. The molecule has 4 rings (SSSR count). The quantitative estimate of drug-likeness (QED) is 0.581. The Balaban J connectivity index is 0.00000193. The predicted molar refractivity (Wildman–Crippen MR) is 127 cm³/mol. The van der Waals surface area contributed by atoms with Crippen LogP contribution in [0.1, 0.15) is 46.8 Å². The monoisotopic (exact) mass is 506 g/mol. The maximum atomic E-state index is 13.3. The number of fused-ring (bicyclic) bond motifs is 1. The second kappa shape index (κ2) is 11.3. The molecule has 0 spiro atoms. The molecule has 2 aliphatic heterocycles. The number of ether oxygens (including phenoxy) is 1. The largest absolute Gasteiger partial charge is 0.507 e. The summed E-state index contributed by atoms with van der Waals surface area (Å²) in [6.07, 6.45) is -2.29. The van der Waals surface area contributed by atoms with Crippen LogP contribution in [0.2, 0.25) is 0 Å². The van der Waals surface area contributed by atoms with E-state index in [-0.39, 0.29) is 42.9 Å². The number of phenols is 1. The van der Waals surface area contributed by atoms with Crippen LogP contribution in [0.15, 0.2) is 36.4 Å². The Morgan fingerprint density at radius 2 is 1.76 bits per heavy atom. The van der Waals surface area contributed by atoms with E-state index >= 15 is 0 Å². The highest BCUT2D eigenvalue weighted by atomic mass is 35.5. The Labute approximate surface area is 205 Å². The lowest BCUT2D eigenvalue weighted by Gasteiger charge is -2.40. The Bertz CT molecular complexity index is 934. The van der Waals surface area contributed by atoms with E-state index in [0.717, 1.165) is 48.7 Å². The molecule has 2 aromatic carbocycles. The summed E-state index contributed by atoms with van der Waals surface area (Å²) in [6, 6.07) is 9.67. The van der Waals surface area contributed by atoms with E-state index in [4.69, 9.17) is 10.5 Å². The predicted octanol–water partition coefficient (Wildman–Crippen LogP) is 5.42. The van der Waals surface area contributed by atoms with Crippen molar-refractivity contribution in [1.29, 1.82) is 0 Å². The van der Waals surface area contributed by atoms with Gasteiger partial charge in [-0.1, -0.05) is 30.3 Å². The van der Waals surface area contributed by atoms with Gasteiger partial charge in [0.15, 0.2) is 0 Å². The summed E-state index contributed by atoms with van der Waals surface area (Å²) in [4.78, 5) is 2.08. The number of phenolic OH excluding ortho intramolecular Hbond substituents is 1. The van der Waals surface area contributed by atoms with Gasteiger partial charge in [-0.05, 0) is 61.5 Å². The lowest BCUT2D eigenvalue weighted by Crippen LogP contribution is -2.42. The summed E-state index contributed by atoms with van der Waals surface area (Å²) >= 11 is 0. The number of benzene rings is 2. The van der Waals surface area contributed by atoms with Crippen molar-refractivity contribution in [3.63, 3.8) is 0 Å². The van der Waals surface area contributed by atoms with Crippen LogP contribution in [-0.4, -0.2) is 35.7 Å². The summed E-state index contributed by atoms with van der Waals surface area (Å²) in [5.41, 5.74) is 8.44. The first-order valence-corrected chi connectivity index (χ1v) is 10.8. The third kappa shape index (κ3) is 5.95. The summed E-state index contributed by atoms with van der Waals surface area (Å²) in [7, 11) is 0. The number of halogens is 5. The van der Waals surface area contributed by atoms with Crippen LogP contribution in [0.25, 0.3) is 0 Å². The number of hydrogen-bond acceptors (Lipinski definition) is 4. The third-order valence-electron chi connectivity index (χ3n) is 6.70. The fourth-order valence-electron chi connectivity index (χ4n) is 4.94. The van der Waals surface area contributed by atoms with Crippen LogP contribution >= 0.6 is 24.8 Å². The van der Waals surface area contributed by atoms with Crippen molar-refractivity contribution in [2.75, 3.05) is 19.6 Å². The minimum atomic E-state index is -4.34. The maximum absolute atomic E-state index is 13.3. The van der Waals surface area contributed by atoms with Gasteiger partial charge < -0.3 is 15.6 Å². The van der Waals surface area contributed by atoms with Crippen LogP contribution in [0.5, 0.6) is 5.75 Å². The highest BCUT2D eigenvalue weighted by Gasteiger charge is 2.36. The Kier molecular flexibility index (Phi) is 9.48. The van der Waals surface area contributed by atoms with E-state index < -0.39 is 11.7 Å². The highest BCUT2D eigenvalue weighted by molar-refractivity contribution is 5.85. The van der Waals surface area contributed by atoms with Gasteiger partial charge in [0, 0.05) is 25.1 Å². The van der Waals surface area contributed by atoms with E-state index in [1.54, 1.807) is 12.1 Å². The molecule has 0 radical (unpaired) electrons. The van der Waals surface area contributed by atoms with Crippen molar-refractivity contribution in [2.24, 2.45) is 11.7 Å². The molecule has 0 aliphatic carbocycles. The van der Waals surface area contributed by atoms with Gasteiger partial charge in [0.2, 0.25) is 0 Å². The Morgan fingerprint density at radius 1 is 1.09 bits per heavy atom. The molecule has 1 fully saturated rings. The molecule has 0 bridgehead atoms. The van der Waals surface area contributed by atoms with Gasteiger partial charge in [-0.2, -0.15) is 13.2 Å². The number of nitrogens with zero attached hydrogens (tertiary/aromatic N) is 1. The number of hydrogen-bond donors (Lipinski definition) is 2. The van der Waals surface area contributed by atoms with Crippen LogP contribution < -0.4 is 5.73 Å². The van der Waals surface area contributed by atoms with Crippen LogP contribution in [0.4, 0.5) is 13.2 Å². The third-order valence-corrected chi connectivity index (χ3v) is 6.70. The average molecular weight is 507 g/mol. The molecule has 2 aliphatic rings. The lowest BCUT2D eigenvalue weighted by atomic mass is 9.83. The van der Waals surface area contributed by atoms with E-state index in [1.165, 1.54) is 6.07 Å². The van der Waals surface area contributed by atoms with Gasteiger partial charge in [0.1, 0.15) is 5.75 Å². The number of aromatic hydroxyl groups is 1. The number of aryl methyl sites for hydroxylation is 1. The molecular formula is C24H31Cl2F3N2O2. The molecule has 9 heteroatoms. The molecule has 2 aromatic rings. The SMILES string of the molecule is Cc1ccc2c(c1O)C[C@@H](C1CCN(Cc3ccccc3C(F)(F)F)CC1)O[C@H]2CN.Cl.Cl. The first-order chi connectivity index (χ1) is 14.8. The van der Waals surface area contributed by atoms with Gasteiger partial charge in [0.05, 0.1) is 17.8 Å². The van der Waals surface area contributed by atoms with Crippen molar-refractivity contribution in [3.05, 3.63) is 64.2 Å². The number of rotatable bonds is 4. The van der Waals surface area contributed by atoms with E-state index in [9.17, 15) is 18.3 Å². The molecule has 4 nitrogen and oxygen atoms in total. The molecule has 2 atom stereocenters. The zero-order chi connectivity index (χ0) is 22.2. The van der Waals surface area contributed by atoms with Gasteiger partial charge in [0.25, 0.3) is 0 Å². The summed E-state index contributed by atoms with van der Waals surface area (Å²) < 4.78 is 46.2. The average Bonchev–Trinajstić information content (AvgIpc) is 2.76. The highest BCUT2D eigenvalue weighted by Crippen LogP contribution is 2.40. The molecule has 0 saturated carbocycles. The van der Waals surface area contributed by atoms with Crippen molar-refractivity contribution in [1.82, 2.24) is 4.90 Å². The second-order valence-corrected chi connectivity index (χ2v) is 8.67. The van der Waals surface area contributed by atoms with Crippen molar-refractivity contribution in [3.8, 4) is 5.75 Å². The molecule has 3 N–H and O–H groups in total. The van der Waals surface area contributed by atoms with Gasteiger partial charge in [-0.15, -0.1) is 24.8 Å². The summed E-state index contributed by atoms with van der Waals surface area (Å²) in [5, 5.41) is 10.6. The number of alkyl halides is 3. The molecule has 184 valence electrons. The second-order valence-electron chi connectivity index (χ2n) is 8.67. The Hall–Kier alpha value is -1.51. The minimum absolute atomic E-state index is 0. The smallest absolute Gasteiger partial charge is 0.416 e. The van der Waals surface area contributed by atoms with Crippen LogP contribution in [0.3, 0.4) is 0 Å². The normalized spacial score (nSPS) is 21.6. The molecule has 33 heavy (non-hydrogen) atoms. The zero-order valence-electron chi connectivity index (χ0n) is 18.5. The minimum Gasteiger partial charge on any atom is -0.507 e. The molecule has 1 saturated heterocycles. The first-order valence-electron chi connectivity index (χ1n) is 10.8. The van der Waals surface area contributed by atoms with E-state index in [0.29, 0.717) is 30.8 Å². The molecule has 0 amide bonds. The molecule has 2 heterocycles. The number of nitrogens with two attached hydrogens (primary N) is 1. The Morgan fingerprint density at radius 3 is 2.39 bits per heavy atom. The van der Waals surface area contributed by atoms with E-state index in [1.807, 2.05) is 19.1 Å². The molecule has 0 unspecified atom stereocenters. The summed E-state index contributed by atoms with van der Waals surface area (Å²) in [5.74, 6) is 0.613.